The van der Waals surface area contributed by atoms with Gasteiger partial charge in [-0.05, 0) is 126 Å². The lowest BCUT2D eigenvalue weighted by Gasteiger charge is -2.35. The van der Waals surface area contributed by atoms with E-state index in [-0.39, 0.29) is 0 Å². The quantitative estimate of drug-likeness (QED) is 0.179. The molecule has 2 nitrogen and oxygen atoms in total. The Morgan fingerprint density at radius 1 is 0.356 bits per heavy atom. The van der Waals surface area contributed by atoms with Crippen molar-refractivity contribution in [2.45, 2.75) is 5.41 Å². The number of furan rings is 1. The predicted molar refractivity (Wildman–Crippen MR) is 242 cm³/mol. The highest BCUT2D eigenvalue weighted by atomic mass is 16.5. The van der Waals surface area contributed by atoms with E-state index in [0.717, 1.165) is 50.0 Å². The third kappa shape index (κ3) is 4.51. The van der Waals surface area contributed by atoms with Gasteiger partial charge in [-0.25, -0.2) is 0 Å². The van der Waals surface area contributed by atoms with Crippen LogP contribution < -0.4 is 4.74 Å². The van der Waals surface area contributed by atoms with Crippen molar-refractivity contribution in [2.75, 3.05) is 0 Å². The molecule has 0 fully saturated rings. The summed E-state index contributed by atoms with van der Waals surface area (Å²) >= 11 is 0. The largest absolute Gasteiger partial charge is 0.456 e. The van der Waals surface area contributed by atoms with Gasteiger partial charge in [0.05, 0.1) is 5.41 Å². The van der Waals surface area contributed by atoms with Crippen molar-refractivity contribution in [3.63, 3.8) is 0 Å². The maximum atomic E-state index is 6.54. The van der Waals surface area contributed by atoms with Crippen LogP contribution in [0, 0.1) is 0 Å². The Hall–Kier alpha value is -7.68. The molecule has 0 bridgehead atoms. The standard InChI is InChI=1S/C57H34O2/c1-3-16-40(17-4-1)57(41-18-5-2-6-19-41)49-34-37(36-26-29-52-48(31-36)44-22-11-14-35-15-12-24-53(59-52)54(35)44)25-28-45(49)55-42-20-8-7-13-38(42)32-46(56(55)57)39-27-30-51-47(33-39)43-21-9-10-23-50(43)58-51/h1-34H. The van der Waals surface area contributed by atoms with Crippen LogP contribution in [0.3, 0.4) is 0 Å². The average molecular weight is 751 g/mol. The molecule has 59 heavy (non-hydrogen) atoms. The van der Waals surface area contributed by atoms with Gasteiger partial charge in [-0.1, -0.05) is 158 Å². The number of ether oxygens (including phenoxy) is 1. The summed E-state index contributed by atoms with van der Waals surface area (Å²) < 4.78 is 12.9. The summed E-state index contributed by atoms with van der Waals surface area (Å²) in [6.07, 6.45) is 0. The van der Waals surface area contributed by atoms with Crippen LogP contribution in [0.5, 0.6) is 11.5 Å². The summed E-state index contributed by atoms with van der Waals surface area (Å²) in [6, 6.07) is 75.4. The van der Waals surface area contributed by atoms with Crippen molar-refractivity contribution in [1.29, 1.82) is 0 Å². The van der Waals surface area contributed by atoms with Gasteiger partial charge in [-0.3, -0.25) is 0 Å². The smallest absolute Gasteiger partial charge is 0.135 e. The third-order valence-electron chi connectivity index (χ3n) is 12.9. The first-order chi connectivity index (χ1) is 29.2. The molecule has 0 unspecified atom stereocenters. The van der Waals surface area contributed by atoms with E-state index in [0.29, 0.717) is 0 Å². The number of para-hydroxylation sites is 1. The molecule has 0 saturated carbocycles. The fourth-order valence-electron chi connectivity index (χ4n) is 10.4. The lowest BCUT2D eigenvalue weighted by Crippen LogP contribution is -2.29. The molecule has 2 heteroatoms. The summed E-state index contributed by atoms with van der Waals surface area (Å²) in [5, 5.41) is 7.07. The molecule has 0 radical (unpaired) electrons. The van der Waals surface area contributed by atoms with Crippen LogP contribution in [-0.4, -0.2) is 0 Å². The Bertz CT molecular complexity index is 3480. The molecule has 0 atom stereocenters. The van der Waals surface area contributed by atoms with Crippen molar-refractivity contribution in [2.24, 2.45) is 0 Å². The van der Waals surface area contributed by atoms with Crippen molar-refractivity contribution in [1.82, 2.24) is 0 Å². The number of hydrogen-bond acceptors (Lipinski definition) is 2. The van der Waals surface area contributed by atoms with E-state index < -0.39 is 5.41 Å². The average Bonchev–Trinajstić information content (AvgIpc) is 3.83. The Morgan fingerprint density at radius 3 is 1.85 bits per heavy atom. The summed E-state index contributed by atoms with van der Waals surface area (Å²) in [7, 11) is 0. The zero-order valence-electron chi connectivity index (χ0n) is 31.9. The maximum Gasteiger partial charge on any atom is 0.135 e. The Labute approximate surface area is 341 Å². The molecule has 0 saturated heterocycles. The first kappa shape index (κ1) is 32.4. The van der Waals surface area contributed by atoms with E-state index in [2.05, 4.69) is 200 Å². The lowest BCUT2D eigenvalue weighted by molar-refractivity contribution is 0.487. The molecule has 1 aliphatic carbocycles. The molecule has 2 aliphatic rings. The molecule has 274 valence electrons. The van der Waals surface area contributed by atoms with E-state index in [1.54, 1.807) is 0 Å². The molecule has 10 aromatic carbocycles. The van der Waals surface area contributed by atoms with Crippen LogP contribution in [0.2, 0.25) is 0 Å². The van der Waals surface area contributed by atoms with Crippen LogP contribution in [0.25, 0.3) is 88.0 Å². The highest BCUT2D eigenvalue weighted by molar-refractivity contribution is 6.11. The minimum atomic E-state index is -0.641. The summed E-state index contributed by atoms with van der Waals surface area (Å²) in [4.78, 5) is 0. The second-order valence-corrected chi connectivity index (χ2v) is 15.9. The Balaban J connectivity index is 1.12. The van der Waals surface area contributed by atoms with Gasteiger partial charge in [0.2, 0.25) is 0 Å². The molecule has 0 N–H and O–H groups in total. The molecule has 0 spiro atoms. The van der Waals surface area contributed by atoms with Gasteiger partial charge in [-0.2, -0.15) is 0 Å². The van der Waals surface area contributed by atoms with Gasteiger partial charge in [0.25, 0.3) is 0 Å². The SMILES string of the molecule is c1ccc(C2(c3ccccc3)c3cc(-c4ccc5c(c4)-c4cccc6cccc(c46)O5)ccc3-c3c2c(-c2ccc4oc5ccccc5c4c2)cc2ccccc32)cc1. The highest BCUT2D eigenvalue weighted by Crippen LogP contribution is 2.61. The topological polar surface area (TPSA) is 22.4 Å². The molecule has 11 aromatic rings. The molecule has 0 amide bonds. The van der Waals surface area contributed by atoms with Crippen molar-refractivity contribution < 1.29 is 9.15 Å². The number of rotatable bonds is 4. The van der Waals surface area contributed by atoms with Crippen LogP contribution in [0.15, 0.2) is 211 Å². The van der Waals surface area contributed by atoms with Crippen LogP contribution in [0.4, 0.5) is 0 Å². The summed E-state index contributed by atoms with van der Waals surface area (Å²) in [5.41, 5.74) is 15.8. The van der Waals surface area contributed by atoms with Crippen LogP contribution in [0.1, 0.15) is 22.3 Å². The molecule has 13 rings (SSSR count). The van der Waals surface area contributed by atoms with Crippen LogP contribution in [-0.2, 0) is 5.41 Å². The second-order valence-electron chi connectivity index (χ2n) is 15.9. The minimum absolute atomic E-state index is 0.641. The first-order valence-corrected chi connectivity index (χ1v) is 20.3. The molecular weight excluding hydrogens is 717 g/mol. The summed E-state index contributed by atoms with van der Waals surface area (Å²) in [5.74, 6) is 1.79. The third-order valence-corrected chi connectivity index (χ3v) is 12.9. The van der Waals surface area contributed by atoms with Crippen LogP contribution >= 0.6 is 0 Å². The number of hydrogen-bond donors (Lipinski definition) is 0. The minimum Gasteiger partial charge on any atom is -0.456 e. The lowest BCUT2D eigenvalue weighted by atomic mass is 9.65. The fraction of sp³-hybridized carbons (Fsp3) is 0.0175. The fourth-order valence-corrected chi connectivity index (χ4v) is 10.4. The number of fused-ring (bicyclic) bond motifs is 10. The zero-order chi connectivity index (χ0) is 38.7. The van der Waals surface area contributed by atoms with Crippen molar-refractivity contribution in [3.8, 4) is 56.0 Å². The van der Waals surface area contributed by atoms with Gasteiger partial charge in [-0.15, -0.1) is 0 Å². The molecule has 1 aromatic heterocycles. The van der Waals surface area contributed by atoms with Gasteiger partial charge < -0.3 is 9.15 Å². The molecule has 2 heterocycles. The monoisotopic (exact) mass is 750 g/mol. The summed E-state index contributed by atoms with van der Waals surface area (Å²) in [6.45, 7) is 0. The van der Waals surface area contributed by atoms with E-state index in [9.17, 15) is 0 Å². The maximum absolute atomic E-state index is 6.54. The van der Waals surface area contributed by atoms with E-state index in [1.165, 1.54) is 71.8 Å². The van der Waals surface area contributed by atoms with Gasteiger partial charge in [0, 0.05) is 21.7 Å². The van der Waals surface area contributed by atoms with E-state index >= 15 is 0 Å². The van der Waals surface area contributed by atoms with Crippen molar-refractivity contribution in [3.05, 3.63) is 229 Å². The number of benzene rings is 10. The Morgan fingerprint density at radius 2 is 1.02 bits per heavy atom. The predicted octanol–water partition coefficient (Wildman–Crippen LogP) is 15.4. The highest BCUT2D eigenvalue weighted by Gasteiger charge is 2.48. The van der Waals surface area contributed by atoms with Gasteiger partial charge >= 0.3 is 0 Å². The zero-order valence-corrected chi connectivity index (χ0v) is 31.9. The van der Waals surface area contributed by atoms with E-state index in [1.807, 2.05) is 6.07 Å². The van der Waals surface area contributed by atoms with Crippen molar-refractivity contribution >= 4 is 43.5 Å². The Kier molecular flexibility index (Phi) is 6.68. The molecular formula is C57H34O2. The normalized spacial score (nSPS) is 13.4. The van der Waals surface area contributed by atoms with E-state index in [4.69, 9.17) is 9.15 Å². The van der Waals surface area contributed by atoms with Gasteiger partial charge in [0.1, 0.15) is 22.7 Å². The molecule has 1 aliphatic heterocycles. The second kappa shape index (κ2) is 12.2. The van der Waals surface area contributed by atoms with Gasteiger partial charge in [0.15, 0.2) is 0 Å². The first-order valence-electron chi connectivity index (χ1n) is 20.3.